The van der Waals surface area contributed by atoms with E-state index in [1.54, 1.807) is 6.92 Å². The van der Waals surface area contributed by atoms with Gasteiger partial charge in [0.05, 0.1) is 21.3 Å². The molecule has 0 saturated carbocycles. The molecule has 0 unspecified atom stereocenters. The number of carbonyl (C=O) groups is 3. The van der Waals surface area contributed by atoms with Crippen molar-refractivity contribution in [2.24, 2.45) is 0 Å². The van der Waals surface area contributed by atoms with E-state index in [9.17, 15) is 14.4 Å². The number of carbonyl (C=O) groups excluding carboxylic acids is 3. The van der Waals surface area contributed by atoms with E-state index in [1.807, 2.05) is 0 Å². The third-order valence-corrected chi connectivity index (χ3v) is 3.15. The first-order valence-electron chi connectivity index (χ1n) is 7.47. The third-order valence-electron chi connectivity index (χ3n) is 3.15. The van der Waals surface area contributed by atoms with Gasteiger partial charge in [-0.25, -0.2) is 9.59 Å². The van der Waals surface area contributed by atoms with E-state index in [0.717, 1.165) is 0 Å². The molecule has 25 heavy (non-hydrogen) atoms. The molecule has 1 aromatic rings. The Bertz CT molecular complexity index is 646. The van der Waals surface area contributed by atoms with E-state index >= 15 is 0 Å². The Morgan fingerprint density at radius 2 is 1.56 bits per heavy atom. The molecule has 9 heteroatoms. The summed E-state index contributed by atoms with van der Waals surface area (Å²) in [6, 6.07) is 2.18. The molecule has 0 spiro atoms. The van der Waals surface area contributed by atoms with E-state index in [-0.39, 0.29) is 11.3 Å². The molecule has 0 aliphatic heterocycles. The minimum Gasteiger partial charge on any atom is -0.496 e. The molecular formula is C16H22N2O7. The van der Waals surface area contributed by atoms with Gasteiger partial charge >= 0.3 is 12.0 Å². The lowest BCUT2D eigenvalue weighted by atomic mass is 10.1. The second-order valence-corrected chi connectivity index (χ2v) is 4.80. The predicted molar refractivity (Wildman–Crippen MR) is 88.2 cm³/mol. The molecule has 0 fully saturated rings. The summed E-state index contributed by atoms with van der Waals surface area (Å²) in [7, 11) is 4.24. The average molecular weight is 354 g/mol. The van der Waals surface area contributed by atoms with E-state index in [1.165, 1.54) is 40.4 Å². The maximum Gasteiger partial charge on any atom is 0.342 e. The van der Waals surface area contributed by atoms with Gasteiger partial charge in [-0.15, -0.1) is 0 Å². The Labute approximate surface area is 145 Å². The van der Waals surface area contributed by atoms with Crippen molar-refractivity contribution in [2.75, 3.05) is 27.9 Å². The van der Waals surface area contributed by atoms with Crippen LogP contribution in [0.15, 0.2) is 12.1 Å². The monoisotopic (exact) mass is 354 g/mol. The smallest absolute Gasteiger partial charge is 0.342 e. The minimum atomic E-state index is -1.19. The van der Waals surface area contributed by atoms with Crippen LogP contribution < -0.4 is 24.8 Å². The fourth-order valence-corrected chi connectivity index (χ4v) is 1.88. The quantitative estimate of drug-likeness (QED) is 0.705. The van der Waals surface area contributed by atoms with Crippen LogP contribution in [0.25, 0.3) is 0 Å². The number of amides is 3. The Morgan fingerprint density at radius 1 is 1.00 bits per heavy atom. The van der Waals surface area contributed by atoms with Crippen LogP contribution in [0.3, 0.4) is 0 Å². The Hall–Kier alpha value is -2.97. The van der Waals surface area contributed by atoms with E-state index < -0.39 is 24.0 Å². The zero-order valence-electron chi connectivity index (χ0n) is 14.8. The molecule has 0 aliphatic rings. The highest BCUT2D eigenvalue weighted by Gasteiger charge is 2.24. The van der Waals surface area contributed by atoms with Gasteiger partial charge in [0.15, 0.2) is 17.6 Å². The average Bonchev–Trinajstić information content (AvgIpc) is 2.60. The first kappa shape index (κ1) is 20.1. The van der Waals surface area contributed by atoms with Crippen LogP contribution in [0.4, 0.5) is 4.79 Å². The van der Waals surface area contributed by atoms with Crippen molar-refractivity contribution in [3.8, 4) is 17.2 Å². The van der Waals surface area contributed by atoms with Crippen molar-refractivity contribution in [1.82, 2.24) is 10.6 Å². The molecule has 1 atom stereocenters. The van der Waals surface area contributed by atoms with E-state index in [0.29, 0.717) is 18.0 Å². The van der Waals surface area contributed by atoms with Gasteiger partial charge in [0, 0.05) is 18.7 Å². The highest BCUT2D eigenvalue weighted by Crippen LogP contribution is 2.35. The summed E-state index contributed by atoms with van der Waals surface area (Å²) in [4.78, 5) is 35.5. The molecule has 0 saturated heterocycles. The topological polar surface area (TPSA) is 112 Å². The van der Waals surface area contributed by atoms with Crippen molar-refractivity contribution >= 4 is 17.9 Å². The predicted octanol–water partition coefficient (Wildman–Crippen LogP) is 1.10. The van der Waals surface area contributed by atoms with Crippen LogP contribution in [0.2, 0.25) is 0 Å². The van der Waals surface area contributed by atoms with Gasteiger partial charge in [-0.1, -0.05) is 0 Å². The lowest BCUT2D eigenvalue weighted by Crippen LogP contribution is -2.44. The first-order chi connectivity index (χ1) is 11.9. The van der Waals surface area contributed by atoms with Gasteiger partial charge in [0.25, 0.3) is 5.91 Å². The summed E-state index contributed by atoms with van der Waals surface area (Å²) in [6.07, 6.45) is -1.19. The van der Waals surface area contributed by atoms with Crippen LogP contribution in [0, 0.1) is 0 Å². The van der Waals surface area contributed by atoms with Crippen LogP contribution in [0.5, 0.6) is 17.2 Å². The van der Waals surface area contributed by atoms with Crippen LogP contribution in [-0.2, 0) is 9.53 Å². The normalized spacial score (nSPS) is 11.1. The number of imide groups is 1. The summed E-state index contributed by atoms with van der Waals surface area (Å²) < 4.78 is 20.5. The van der Waals surface area contributed by atoms with Crippen molar-refractivity contribution in [2.45, 2.75) is 20.0 Å². The number of ether oxygens (including phenoxy) is 4. The molecule has 0 aromatic heterocycles. The molecule has 1 aromatic carbocycles. The molecule has 0 bridgehead atoms. The summed E-state index contributed by atoms with van der Waals surface area (Å²) in [5.74, 6) is -0.693. The second kappa shape index (κ2) is 9.36. The van der Waals surface area contributed by atoms with Gasteiger partial charge in [-0.05, 0) is 13.8 Å². The van der Waals surface area contributed by atoms with Crippen molar-refractivity contribution in [1.29, 1.82) is 0 Å². The van der Waals surface area contributed by atoms with Crippen molar-refractivity contribution in [3.05, 3.63) is 17.7 Å². The standard InChI is InChI=1S/C16H22N2O7/c1-6-17-16(21)18-14(19)9(2)25-15(20)10-7-12(23-4)13(24-5)8-11(10)22-3/h7-9H,6H2,1-5H3,(H2,17,18,19,21)/t9-/m0/s1. The number of nitrogens with one attached hydrogen (secondary N) is 2. The fraction of sp³-hybridized carbons (Fsp3) is 0.438. The number of urea groups is 1. The van der Waals surface area contributed by atoms with Gasteiger partial charge in [0.2, 0.25) is 0 Å². The zero-order valence-corrected chi connectivity index (χ0v) is 14.8. The largest absolute Gasteiger partial charge is 0.496 e. The minimum absolute atomic E-state index is 0.0535. The molecule has 3 amide bonds. The van der Waals surface area contributed by atoms with Gasteiger partial charge < -0.3 is 24.3 Å². The highest BCUT2D eigenvalue weighted by molar-refractivity contribution is 5.99. The summed E-state index contributed by atoms with van der Waals surface area (Å²) in [6.45, 7) is 3.41. The highest BCUT2D eigenvalue weighted by atomic mass is 16.6. The van der Waals surface area contributed by atoms with Gasteiger partial charge in [0.1, 0.15) is 11.3 Å². The third kappa shape index (κ3) is 5.27. The number of esters is 1. The van der Waals surface area contributed by atoms with Gasteiger partial charge in [-0.3, -0.25) is 10.1 Å². The Balaban J connectivity index is 2.92. The number of rotatable bonds is 7. The Kier molecular flexibility index (Phi) is 7.51. The maximum absolute atomic E-state index is 12.3. The van der Waals surface area contributed by atoms with E-state index in [4.69, 9.17) is 18.9 Å². The van der Waals surface area contributed by atoms with Crippen LogP contribution in [0.1, 0.15) is 24.2 Å². The molecule has 0 aliphatic carbocycles. The zero-order chi connectivity index (χ0) is 19.0. The van der Waals surface area contributed by atoms with Crippen LogP contribution >= 0.6 is 0 Å². The Morgan fingerprint density at radius 3 is 2.08 bits per heavy atom. The number of methoxy groups -OCH3 is 3. The fourth-order valence-electron chi connectivity index (χ4n) is 1.88. The SMILES string of the molecule is CCNC(=O)NC(=O)[C@H](C)OC(=O)c1cc(OC)c(OC)cc1OC. The molecule has 0 heterocycles. The number of hydrogen-bond donors (Lipinski definition) is 2. The summed E-state index contributed by atoms with van der Waals surface area (Å²) in [5.41, 5.74) is 0.0535. The molecule has 0 radical (unpaired) electrons. The van der Waals surface area contributed by atoms with E-state index in [2.05, 4.69) is 10.6 Å². The molecule has 2 N–H and O–H groups in total. The summed E-state index contributed by atoms with van der Waals surface area (Å²) in [5, 5.41) is 4.47. The molecule has 1 rings (SSSR count). The lowest BCUT2D eigenvalue weighted by Gasteiger charge is -2.16. The second-order valence-electron chi connectivity index (χ2n) is 4.80. The first-order valence-corrected chi connectivity index (χ1v) is 7.47. The molecule has 138 valence electrons. The number of hydrogen-bond acceptors (Lipinski definition) is 7. The van der Waals surface area contributed by atoms with Crippen molar-refractivity contribution < 1.29 is 33.3 Å². The maximum atomic E-state index is 12.3. The molecular weight excluding hydrogens is 332 g/mol. The van der Waals surface area contributed by atoms with Gasteiger partial charge in [-0.2, -0.15) is 0 Å². The van der Waals surface area contributed by atoms with Crippen molar-refractivity contribution in [3.63, 3.8) is 0 Å². The lowest BCUT2D eigenvalue weighted by molar-refractivity contribution is -0.127. The summed E-state index contributed by atoms with van der Waals surface area (Å²) >= 11 is 0. The number of benzene rings is 1. The van der Waals surface area contributed by atoms with Crippen LogP contribution in [-0.4, -0.2) is 51.9 Å². The molecule has 9 nitrogen and oxygen atoms in total.